The van der Waals surface area contributed by atoms with Crippen molar-refractivity contribution in [3.05, 3.63) is 46.8 Å². The van der Waals surface area contributed by atoms with Crippen molar-refractivity contribution in [1.29, 1.82) is 0 Å². The number of piperazine rings is 1. The molecule has 0 radical (unpaired) electrons. The Morgan fingerprint density at radius 3 is 2.40 bits per heavy atom. The predicted octanol–water partition coefficient (Wildman–Crippen LogP) is 2.94. The Kier molecular flexibility index (Phi) is 5.33. The van der Waals surface area contributed by atoms with Crippen LogP contribution in [0.3, 0.4) is 0 Å². The molecule has 1 aromatic carbocycles. The van der Waals surface area contributed by atoms with Crippen LogP contribution in [0, 0.1) is 5.92 Å². The van der Waals surface area contributed by atoms with Crippen molar-refractivity contribution in [2.45, 2.75) is 36.4 Å². The van der Waals surface area contributed by atoms with Crippen LogP contribution in [-0.4, -0.2) is 56.3 Å². The van der Waals surface area contributed by atoms with Crippen molar-refractivity contribution in [3.63, 3.8) is 0 Å². The van der Waals surface area contributed by atoms with Crippen LogP contribution < -0.4 is 4.90 Å². The number of carbonyl (C=O) groups excluding carboxylic acids is 1. The Hall–Kier alpha value is -1.90. The highest BCUT2D eigenvalue weighted by atomic mass is 32.2. The molecule has 2 aromatic rings. The fourth-order valence-electron chi connectivity index (χ4n) is 4.49. The van der Waals surface area contributed by atoms with Crippen molar-refractivity contribution in [1.82, 2.24) is 9.21 Å². The summed E-state index contributed by atoms with van der Waals surface area (Å²) in [4.78, 5) is 17.9. The van der Waals surface area contributed by atoms with Gasteiger partial charge in [0, 0.05) is 55.8 Å². The van der Waals surface area contributed by atoms with Crippen LogP contribution in [-0.2, 0) is 27.8 Å². The molecule has 8 heteroatoms. The van der Waals surface area contributed by atoms with E-state index in [-0.39, 0.29) is 11.8 Å². The highest BCUT2D eigenvalue weighted by molar-refractivity contribution is 7.91. The fraction of sp³-hybridized carbons (Fsp3) is 0.500. The number of hydrogen-bond donors (Lipinski definition) is 0. The largest absolute Gasteiger partial charge is 0.369 e. The number of carbonyl (C=O) groups is 1. The highest BCUT2D eigenvalue weighted by Crippen LogP contribution is 2.35. The molecule has 1 aromatic heterocycles. The van der Waals surface area contributed by atoms with E-state index in [1.165, 1.54) is 11.3 Å². The van der Waals surface area contributed by atoms with Gasteiger partial charge in [0.1, 0.15) is 4.21 Å². The lowest BCUT2D eigenvalue weighted by Crippen LogP contribution is -2.48. The Morgan fingerprint density at radius 1 is 1.00 bits per heavy atom. The monoisotopic (exact) mass is 445 g/mol. The van der Waals surface area contributed by atoms with Crippen molar-refractivity contribution in [2.24, 2.45) is 5.92 Å². The maximum Gasteiger partial charge on any atom is 0.252 e. The molecular formula is C22H27N3O3S2. The standard InChI is InChI=1S/C22H27N3O3S2/c26-22(17-5-4-6-17)24-10-9-20-18(16-24)15-21(29-20)30(27,28)25-13-11-23(12-14-25)19-7-2-1-3-8-19/h1-3,7-8,15,17H,4-6,9-14,16H2. The molecule has 6 nitrogen and oxygen atoms in total. The van der Waals surface area contributed by atoms with E-state index in [9.17, 15) is 13.2 Å². The second-order valence-electron chi connectivity index (χ2n) is 8.38. The summed E-state index contributed by atoms with van der Waals surface area (Å²) >= 11 is 1.39. The second-order valence-corrected chi connectivity index (χ2v) is 11.7. The molecule has 3 aliphatic rings. The lowest BCUT2D eigenvalue weighted by molar-refractivity contribution is -0.139. The minimum atomic E-state index is -3.49. The van der Waals surface area contributed by atoms with Crippen LogP contribution >= 0.6 is 11.3 Å². The topological polar surface area (TPSA) is 60.9 Å². The second kappa shape index (κ2) is 7.98. The summed E-state index contributed by atoms with van der Waals surface area (Å²) in [5.41, 5.74) is 2.15. The SMILES string of the molecule is O=C(C1CCC1)N1CCc2sc(S(=O)(=O)N3CCN(c4ccccc4)CC3)cc2C1. The third-order valence-electron chi connectivity index (χ3n) is 6.56. The van der Waals surface area contributed by atoms with E-state index < -0.39 is 10.0 Å². The van der Waals surface area contributed by atoms with Gasteiger partial charge >= 0.3 is 0 Å². The number of anilines is 1. The molecule has 30 heavy (non-hydrogen) atoms. The number of thiophene rings is 1. The first kappa shape index (κ1) is 20.0. The zero-order valence-electron chi connectivity index (χ0n) is 17.0. The Balaban J connectivity index is 1.27. The van der Waals surface area contributed by atoms with Crippen LogP contribution in [0.15, 0.2) is 40.6 Å². The van der Waals surface area contributed by atoms with Gasteiger partial charge in [-0.15, -0.1) is 11.3 Å². The molecule has 1 saturated heterocycles. The van der Waals surface area contributed by atoms with Gasteiger partial charge in [0.05, 0.1) is 0 Å². The number of nitrogens with zero attached hydrogens (tertiary/aromatic N) is 3. The van der Waals surface area contributed by atoms with Crippen molar-refractivity contribution in [3.8, 4) is 0 Å². The highest BCUT2D eigenvalue weighted by Gasteiger charge is 2.34. The van der Waals surface area contributed by atoms with Crippen molar-refractivity contribution in [2.75, 3.05) is 37.6 Å². The van der Waals surface area contributed by atoms with Gasteiger partial charge in [0.25, 0.3) is 10.0 Å². The molecule has 2 aliphatic heterocycles. The summed E-state index contributed by atoms with van der Waals surface area (Å²) < 4.78 is 28.6. The third kappa shape index (κ3) is 3.65. The Bertz CT molecular complexity index is 1020. The van der Waals surface area contributed by atoms with Gasteiger partial charge < -0.3 is 9.80 Å². The summed E-state index contributed by atoms with van der Waals surface area (Å²) in [6.45, 7) is 3.63. The van der Waals surface area contributed by atoms with Gasteiger partial charge in [0.2, 0.25) is 5.91 Å². The van der Waals surface area contributed by atoms with E-state index in [0.29, 0.717) is 43.5 Å². The number of sulfonamides is 1. The maximum atomic E-state index is 13.3. The lowest BCUT2D eigenvalue weighted by Gasteiger charge is -2.35. The molecule has 0 bridgehead atoms. The predicted molar refractivity (Wildman–Crippen MR) is 118 cm³/mol. The van der Waals surface area contributed by atoms with E-state index in [0.717, 1.165) is 41.8 Å². The molecular weight excluding hydrogens is 418 g/mol. The number of para-hydroxylation sites is 1. The summed E-state index contributed by atoms with van der Waals surface area (Å²) in [5, 5.41) is 0. The number of amides is 1. The van der Waals surface area contributed by atoms with Gasteiger partial charge in [-0.1, -0.05) is 24.6 Å². The van der Waals surface area contributed by atoms with Gasteiger partial charge in [-0.3, -0.25) is 4.79 Å². The summed E-state index contributed by atoms with van der Waals surface area (Å²) in [6.07, 6.45) is 3.91. The van der Waals surface area contributed by atoms with E-state index >= 15 is 0 Å². The quantitative estimate of drug-likeness (QED) is 0.726. The molecule has 160 valence electrons. The maximum absolute atomic E-state index is 13.3. The molecule has 1 aliphatic carbocycles. The molecule has 0 atom stereocenters. The number of benzene rings is 1. The van der Waals surface area contributed by atoms with E-state index in [1.807, 2.05) is 29.2 Å². The molecule has 2 fully saturated rings. The zero-order valence-corrected chi connectivity index (χ0v) is 18.6. The molecule has 3 heterocycles. The zero-order chi connectivity index (χ0) is 20.7. The van der Waals surface area contributed by atoms with E-state index in [1.54, 1.807) is 4.31 Å². The molecule has 0 spiro atoms. The fourth-order valence-corrected chi connectivity index (χ4v) is 7.61. The first-order chi connectivity index (χ1) is 14.5. The van der Waals surface area contributed by atoms with Crippen molar-refractivity contribution >= 4 is 33.0 Å². The lowest BCUT2D eigenvalue weighted by atomic mass is 9.84. The molecule has 1 saturated carbocycles. The average Bonchev–Trinajstić information content (AvgIpc) is 3.17. The molecule has 5 rings (SSSR count). The molecule has 0 N–H and O–H groups in total. The summed E-state index contributed by atoms with van der Waals surface area (Å²) in [6, 6.07) is 12.0. The Labute approximate surface area is 182 Å². The molecule has 0 unspecified atom stereocenters. The van der Waals surface area contributed by atoms with Crippen molar-refractivity contribution < 1.29 is 13.2 Å². The smallest absolute Gasteiger partial charge is 0.252 e. The van der Waals surface area contributed by atoms with Crippen LogP contribution in [0.1, 0.15) is 29.7 Å². The number of hydrogen-bond acceptors (Lipinski definition) is 5. The first-order valence-corrected chi connectivity index (χ1v) is 13.0. The van der Waals surface area contributed by atoms with Crippen LogP contribution in [0.2, 0.25) is 0 Å². The first-order valence-electron chi connectivity index (χ1n) is 10.7. The summed E-state index contributed by atoms with van der Waals surface area (Å²) in [5.74, 6) is 0.439. The van der Waals surface area contributed by atoms with Crippen LogP contribution in [0.25, 0.3) is 0 Å². The Morgan fingerprint density at radius 2 is 1.73 bits per heavy atom. The van der Waals surface area contributed by atoms with E-state index in [4.69, 9.17) is 0 Å². The van der Waals surface area contributed by atoms with Gasteiger partial charge in [-0.05, 0) is 43.0 Å². The van der Waals surface area contributed by atoms with Crippen LogP contribution in [0.5, 0.6) is 0 Å². The number of rotatable bonds is 4. The normalized spacial score (nSPS) is 20.7. The van der Waals surface area contributed by atoms with Gasteiger partial charge in [-0.25, -0.2) is 8.42 Å². The van der Waals surface area contributed by atoms with E-state index in [2.05, 4.69) is 17.0 Å². The van der Waals surface area contributed by atoms with Gasteiger partial charge in [-0.2, -0.15) is 4.31 Å². The third-order valence-corrected chi connectivity index (χ3v) is 10.1. The van der Waals surface area contributed by atoms with Gasteiger partial charge in [0.15, 0.2) is 0 Å². The minimum absolute atomic E-state index is 0.189. The minimum Gasteiger partial charge on any atom is -0.369 e. The number of fused-ring (bicyclic) bond motifs is 1. The van der Waals surface area contributed by atoms with Crippen LogP contribution in [0.4, 0.5) is 5.69 Å². The average molecular weight is 446 g/mol. The molecule has 1 amide bonds. The summed E-state index contributed by atoms with van der Waals surface area (Å²) in [7, 11) is -3.49.